The van der Waals surface area contributed by atoms with Crippen molar-refractivity contribution in [2.75, 3.05) is 7.11 Å². The molecule has 17 heavy (non-hydrogen) atoms. The zero-order valence-corrected chi connectivity index (χ0v) is 10.8. The Morgan fingerprint density at radius 1 is 1.53 bits per heavy atom. The molecule has 1 heterocycles. The van der Waals surface area contributed by atoms with Crippen LogP contribution in [0, 0.1) is 11.8 Å². The van der Waals surface area contributed by atoms with E-state index >= 15 is 0 Å². The molecule has 0 spiro atoms. The molecule has 0 radical (unpaired) electrons. The van der Waals surface area contributed by atoms with Crippen molar-refractivity contribution >= 4 is 17.3 Å². The van der Waals surface area contributed by atoms with Crippen molar-refractivity contribution in [3.05, 3.63) is 16.1 Å². The van der Waals surface area contributed by atoms with E-state index < -0.39 is 0 Å². The lowest BCUT2D eigenvalue weighted by atomic mass is 9.89. The van der Waals surface area contributed by atoms with Gasteiger partial charge in [-0.15, -0.1) is 11.3 Å². The first kappa shape index (κ1) is 11.2. The maximum Gasteiger partial charge on any atom is 0.311 e. The zero-order chi connectivity index (χ0) is 11.8. The molecule has 3 rings (SSSR count). The molecule has 1 aromatic heterocycles. The summed E-state index contributed by atoms with van der Waals surface area (Å²) in [4.78, 5) is 15.8. The third kappa shape index (κ3) is 2.10. The Bertz CT molecular complexity index is 429. The van der Waals surface area contributed by atoms with Crippen LogP contribution in [0.2, 0.25) is 0 Å². The molecule has 0 aliphatic heterocycles. The maximum atomic E-state index is 11.2. The molecule has 3 nitrogen and oxygen atoms in total. The standard InChI is InChI=1S/C13H17NO2S/c1-16-12(15)6-10-7-17-13(14-10)11-5-8-2-3-9(11)4-8/h7-9,11H,2-6H2,1H3. The number of esters is 1. The van der Waals surface area contributed by atoms with Crippen molar-refractivity contribution in [3.63, 3.8) is 0 Å². The van der Waals surface area contributed by atoms with Crippen molar-refractivity contribution < 1.29 is 9.53 Å². The molecule has 1 aromatic rings. The molecular weight excluding hydrogens is 234 g/mol. The Hall–Kier alpha value is -0.900. The summed E-state index contributed by atoms with van der Waals surface area (Å²) in [5.74, 6) is 2.27. The molecule has 0 aromatic carbocycles. The lowest BCUT2D eigenvalue weighted by molar-refractivity contribution is -0.139. The molecule has 0 saturated heterocycles. The third-order valence-electron chi connectivity index (χ3n) is 4.18. The number of nitrogens with zero attached hydrogens (tertiary/aromatic N) is 1. The average molecular weight is 251 g/mol. The second-order valence-electron chi connectivity index (χ2n) is 5.21. The predicted octanol–water partition coefficient (Wildman–Crippen LogP) is 2.76. The van der Waals surface area contributed by atoms with Crippen LogP contribution in [-0.2, 0) is 16.0 Å². The van der Waals surface area contributed by atoms with E-state index in [1.165, 1.54) is 37.8 Å². The van der Waals surface area contributed by atoms with Gasteiger partial charge in [-0.25, -0.2) is 4.98 Å². The number of aromatic nitrogens is 1. The topological polar surface area (TPSA) is 39.2 Å². The van der Waals surface area contributed by atoms with Gasteiger partial charge in [-0.05, 0) is 31.1 Å². The van der Waals surface area contributed by atoms with Gasteiger partial charge in [-0.2, -0.15) is 0 Å². The van der Waals surface area contributed by atoms with Gasteiger partial charge in [-0.1, -0.05) is 6.42 Å². The normalized spacial score (nSPS) is 30.8. The minimum Gasteiger partial charge on any atom is -0.469 e. The number of rotatable bonds is 3. The molecule has 2 fully saturated rings. The first-order valence-corrected chi connectivity index (χ1v) is 7.15. The quantitative estimate of drug-likeness (QED) is 0.775. The molecule has 0 N–H and O–H groups in total. The molecule has 92 valence electrons. The second kappa shape index (κ2) is 4.41. The highest BCUT2D eigenvalue weighted by molar-refractivity contribution is 7.09. The van der Waals surface area contributed by atoms with Gasteiger partial charge >= 0.3 is 5.97 Å². The van der Waals surface area contributed by atoms with E-state index in [1.807, 2.05) is 5.38 Å². The third-order valence-corrected chi connectivity index (χ3v) is 5.20. The van der Waals surface area contributed by atoms with Crippen LogP contribution >= 0.6 is 11.3 Å². The number of carbonyl (C=O) groups excluding carboxylic acids is 1. The number of ether oxygens (including phenoxy) is 1. The van der Waals surface area contributed by atoms with Crippen LogP contribution in [0.25, 0.3) is 0 Å². The van der Waals surface area contributed by atoms with Crippen molar-refractivity contribution in [2.45, 2.75) is 38.0 Å². The van der Waals surface area contributed by atoms with E-state index in [-0.39, 0.29) is 5.97 Å². The first-order valence-electron chi connectivity index (χ1n) is 6.27. The van der Waals surface area contributed by atoms with Gasteiger partial charge in [0.05, 0.1) is 24.2 Å². The fraction of sp³-hybridized carbons (Fsp3) is 0.692. The smallest absolute Gasteiger partial charge is 0.311 e. The number of fused-ring (bicyclic) bond motifs is 2. The summed E-state index contributed by atoms with van der Waals surface area (Å²) in [7, 11) is 1.42. The molecule has 2 aliphatic carbocycles. The monoisotopic (exact) mass is 251 g/mol. The molecule has 2 aliphatic rings. The Labute approximate surface area is 105 Å². The Morgan fingerprint density at radius 2 is 2.41 bits per heavy atom. The molecule has 3 atom stereocenters. The summed E-state index contributed by atoms with van der Waals surface area (Å²) >= 11 is 1.72. The average Bonchev–Trinajstić information content (AvgIpc) is 3.03. The molecule has 3 unspecified atom stereocenters. The van der Waals surface area contributed by atoms with Gasteiger partial charge in [-0.3, -0.25) is 4.79 Å². The lowest BCUT2D eigenvalue weighted by Crippen LogP contribution is -2.09. The van der Waals surface area contributed by atoms with Crippen molar-refractivity contribution in [3.8, 4) is 0 Å². The molecular formula is C13H17NO2S. The van der Waals surface area contributed by atoms with Crippen molar-refractivity contribution in [2.24, 2.45) is 11.8 Å². The van der Waals surface area contributed by atoms with Gasteiger partial charge in [0.25, 0.3) is 0 Å². The Balaban J connectivity index is 1.70. The maximum absolute atomic E-state index is 11.2. The van der Waals surface area contributed by atoms with E-state index in [0.29, 0.717) is 12.3 Å². The molecule has 4 heteroatoms. The summed E-state index contributed by atoms with van der Waals surface area (Å²) in [6.07, 6.45) is 5.82. The van der Waals surface area contributed by atoms with E-state index in [1.54, 1.807) is 11.3 Å². The Kier molecular flexibility index (Phi) is 2.90. The summed E-state index contributed by atoms with van der Waals surface area (Å²) in [6, 6.07) is 0. The highest BCUT2D eigenvalue weighted by atomic mass is 32.1. The summed E-state index contributed by atoms with van der Waals surface area (Å²) in [6.45, 7) is 0. The molecule has 2 saturated carbocycles. The van der Waals surface area contributed by atoms with Crippen LogP contribution in [0.1, 0.15) is 42.3 Å². The number of hydrogen-bond donors (Lipinski definition) is 0. The minimum absolute atomic E-state index is 0.199. The van der Waals surface area contributed by atoms with Gasteiger partial charge in [0.1, 0.15) is 0 Å². The largest absolute Gasteiger partial charge is 0.469 e. The predicted molar refractivity (Wildman–Crippen MR) is 66.0 cm³/mol. The van der Waals surface area contributed by atoms with E-state index in [0.717, 1.165) is 17.5 Å². The van der Waals surface area contributed by atoms with Crippen LogP contribution in [-0.4, -0.2) is 18.1 Å². The minimum atomic E-state index is -0.199. The summed E-state index contributed by atoms with van der Waals surface area (Å²) in [5.41, 5.74) is 0.875. The van der Waals surface area contributed by atoms with Gasteiger partial charge in [0.2, 0.25) is 0 Å². The number of thiazole rings is 1. The second-order valence-corrected chi connectivity index (χ2v) is 6.10. The molecule has 0 amide bonds. The number of carbonyl (C=O) groups is 1. The highest BCUT2D eigenvalue weighted by Gasteiger charge is 2.41. The summed E-state index contributed by atoms with van der Waals surface area (Å²) < 4.78 is 4.66. The van der Waals surface area contributed by atoms with Crippen LogP contribution in [0.15, 0.2) is 5.38 Å². The van der Waals surface area contributed by atoms with Crippen molar-refractivity contribution in [1.29, 1.82) is 0 Å². The van der Waals surface area contributed by atoms with Gasteiger partial charge in [0.15, 0.2) is 0 Å². The highest BCUT2D eigenvalue weighted by Crippen LogP contribution is 2.53. The van der Waals surface area contributed by atoms with Crippen LogP contribution in [0.4, 0.5) is 0 Å². The van der Waals surface area contributed by atoms with Crippen LogP contribution < -0.4 is 0 Å². The fourth-order valence-corrected chi connectivity index (χ4v) is 4.37. The fourth-order valence-electron chi connectivity index (χ4n) is 3.34. The lowest BCUT2D eigenvalue weighted by Gasteiger charge is -2.18. The van der Waals surface area contributed by atoms with Crippen molar-refractivity contribution in [1.82, 2.24) is 4.98 Å². The summed E-state index contributed by atoms with van der Waals surface area (Å²) in [5, 5.41) is 3.26. The number of hydrogen-bond acceptors (Lipinski definition) is 4. The molecule has 2 bridgehead atoms. The Morgan fingerprint density at radius 3 is 3.06 bits per heavy atom. The van der Waals surface area contributed by atoms with E-state index in [4.69, 9.17) is 0 Å². The van der Waals surface area contributed by atoms with Crippen LogP contribution in [0.5, 0.6) is 0 Å². The van der Waals surface area contributed by atoms with E-state index in [2.05, 4.69) is 9.72 Å². The number of methoxy groups -OCH3 is 1. The van der Waals surface area contributed by atoms with Crippen LogP contribution in [0.3, 0.4) is 0 Å². The zero-order valence-electron chi connectivity index (χ0n) is 10.0. The van der Waals surface area contributed by atoms with E-state index in [9.17, 15) is 4.79 Å². The first-order chi connectivity index (χ1) is 8.26. The van der Waals surface area contributed by atoms with Gasteiger partial charge in [0, 0.05) is 11.3 Å². The SMILES string of the molecule is COC(=O)Cc1csc(C2CC3CCC2C3)n1. The van der Waals surface area contributed by atoms with Gasteiger partial charge < -0.3 is 4.74 Å².